The van der Waals surface area contributed by atoms with Crippen LogP contribution >= 0.6 is 27.7 Å². The van der Waals surface area contributed by atoms with Crippen LogP contribution in [0, 0.1) is 0 Å². The second-order valence-electron chi connectivity index (χ2n) is 5.79. The average Bonchev–Trinajstić information content (AvgIpc) is 2.89. The Bertz CT molecular complexity index is 877. The number of amides is 2. The van der Waals surface area contributed by atoms with Crippen LogP contribution in [0.3, 0.4) is 0 Å². The van der Waals surface area contributed by atoms with Crippen LogP contribution in [0.4, 0.5) is 4.79 Å². The van der Waals surface area contributed by atoms with Crippen LogP contribution in [-0.4, -0.2) is 44.0 Å². The van der Waals surface area contributed by atoms with Gasteiger partial charge in [0.05, 0.1) is 11.8 Å². The van der Waals surface area contributed by atoms with Gasteiger partial charge in [-0.25, -0.2) is 4.79 Å². The SMILES string of the molecule is O=C(O)COc1ccc(Br)cc1CC1SC(=O)N(Cc2ccncc2)C1=O. The summed E-state index contributed by atoms with van der Waals surface area (Å²) in [5.41, 5.74) is 1.48. The van der Waals surface area contributed by atoms with Gasteiger partial charge in [-0.1, -0.05) is 27.7 Å². The van der Waals surface area contributed by atoms with Gasteiger partial charge in [-0.05, 0) is 47.9 Å². The minimum absolute atomic E-state index is 0.199. The summed E-state index contributed by atoms with van der Waals surface area (Å²) in [6.45, 7) is -0.280. The van der Waals surface area contributed by atoms with Crippen molar-refractivity contribution in [2.45, 2.75) is 18.2 Å². The summed E-state index contributed by atoms with van der Waals surface area (Å²) in [4.78, 5) is 40.9. The molecule has 2 heterocycles. The number of hydrogen-bond acceptors (Lipinski definition) is 6. The quantitative estimate of drug-likeness (QED) is 0.691. The van der Waals surface area contributed by atoms with E-state index in [0.29, 0.717) is 11.3 Å². The van der Waals surface area contributed by atoms with Crippen molar-refractivity contribution in [3.05, 3.63) is 58.3 Å². The van der Waals surface area contributed by atoms with Crippen molar-refractivity contribution in [3.63, 3.8) is 0 Å². The van der Waals surface area contributed by atoms with Crippen molar-refractivity contribution in [1.29, 1.82) is 0 Å². The smallest absolute Gasteiger partial charge is 0.341 e. The van der Waals surface area contributed by atoms with Gasteiger partial charge in [0.25, 0.3) is 5.24 Å². The van der Waals surface area contributed by atoms with Crippen molar-refractivity contribution < 1.29 is 24.2 Å². The molecule has 1 aromatic heterocycles. The van der Waals surface area contributed by atoms with E-state index < -0.39 is 17.8 Å². The van der Waals surface area contributed by atoms with E-state index in [0.717, 1.165) is 21.8 Å². The number of carboxylic acid groups (broad SMARTS) is 1. The molecule has 3 rings (SSSR count). The molecule has 27 heavy (non-hydrogen) atoms. The van der Waals surface area contributed by atoms with Gasteiger partial charge in [-0.3, -0.25) is 19.5 Å². The highest BCUT2D eigenvalue weighted by molar-refractivity contribution is 9.10. The molecular weight excluding hydrogens is 436 g/mol. The average molecular weight is 451 g/mol. The second-order valence-corrected chi connectivity index (χ2v) is 7.86. The molecule has 1 N–H and O–H groups in total. The molecule has 1 atom stereocenters. The maximum absolute atomic E-state index is 12.7. The first-order valence-electron chi connectivity index (χ1n) is 7.98. The number of aromatic nitrogens is 1. The minimum Gasteiger partial charge on any atom is -0.482 e. The molecule has 9 heteroatoms. The van der Waals surface area contributed by atoms with Crippen LogP contribution in [-0.2, 0) is 22.6 Å². The number of nitrogens with zero attached hydrogens (tertiary/aromatic N) is 2. The molecule has 1 fully saturated rings. The van der Waals surface area contributed by atoms with Crippen LogP contribution in [0.2, 0.25) is 0 Å². The number of halogens is 1. The monoisotopic (exact) mass is 450 g/mol. The first-order valence-corrected chi connectivity index (χ1v) is 9.65. The van der Waals surface area contributed by atoms with Crippen LogP contribution in [0.25, 0.3) is 0 Å². The molecule has 2 amide bonds. The zero-order chi connectivity index (χ0) is 19.4. The lowest BCUT2D eigenvalue weighted by Crippen LogP contribution is -2.31. The van der Waals surface area contributed by atoms with Gasteiger partial charge in [0.15, 0.2) is 6.61 Å². The molecule has 0 bridgehead atoms. The first kappa shape index (κ1) is 19.4. The molecule has 140 valence electrons. The number of carbonyl (C=O) groups excluding carboxylic acids is 2. The fourth-order valence-corrected chi connectivity index (χ4v) is 4.05. The predicted octanol–water partition coefficient (Wildman–Crippen LogP) is 3.11. The summed E-state index contributed by atoms with van der Waals surface area (Å²) >= 11 is 4.33. The summed E-state index contributed by atoms with van der Waals surface area (Å²) < 4.78 is 6.08. The van der Waals surface area contributed by atoms with Gasteiger partial charge in [0.1, 0.15) is 5.75 Å². The molecule has 1 aromatic carbocycles. The summed E-state index contributed by atoms with van der Waals surface area (Å²) in [5.74, 6) is -0.978. The highest BCUT2D eigenvalue weighted by Gasteiger charge is 2.39. The lowest BCUT2D eigenvalue weighted by atomic mass is 10.1. The lowest BCUT2D eigenvalue weighted by molar-refractivity contribution is -0.139. The normalized spacial score (nSPS) is 16.6. The molecule has 1 aliphatic heterocycles. The highest BCUT2D eigenvalue weighted by atomic mass is 79.9. The number of thioether (sulfide) groups is 1. The van der Waals surface area contributed by atoms with Crippen molar-refractivity contribution >= 4 is 44.8 Å². The first-order chi connectivity index (χ1) is 12.9. The molecule has 0 spiro atoms. The van der Waals surface area contributed by atoms with Crippen molar-refractivity contribution in [2.24, 2.45) is 0 Å². The van der Waals surface area contributed by atoms with Crippen LogP contribution in [0.5, 0.6) is 5.75 Å². The third kappa shape index (κ3) is 4.86. The second kappa shape index (κ2) is 8.53. The lowest BCUT2D eigenvalue weighted by Gasteiger charge is -2.15. The molecule has 0 radical (unpaired) electrons. The van der Waals surface area contributed by atoms with Crippen molar-refractivity contribution in [3.8, 4) is 5.75 Å². The maximum Gasteiger partial charge on any atom is 0.341 e. The van der Waals surface area contributed by atoms with Gasteiger partial charge in [-0.15, -0.1) is 0 Å². The molecule has 1 saturated heterocycles. The van der Waals surface area contributed by atoms with E-state index in [1.165, 1.54) is 4.90 Å². The van der Waals surface area contributed by atoms with Crippen LogP contribution in [0.1, 0.15) is 11.1 Å². The standard InChI is InChI=1S/C18H15BrN2O5S/c19-13-1-2-14(26-10-16(22)23)12(7-13)8-15-17(24)21(18(25)27-15)9-11-3-5-20-6-4-11/h1-7,15H,8-10H2,(H,22,23). The zero-order valence-electron chi connectivity index (χ0n) is 14.0. The maximum atomic E-state index is 12.7. The van der Waals surface area contributed by atoms with E-state index in [1.54, 1.807) is 42.7 Å². The Morgan fingerprint density at radius 1 is 1.26 bits per heavy atom. The van der Waals surface area contributed by atoms with Crippen molar-refractivity contribution in [1.82, 2.24) is 9.88 Å². The Morgan fingerprint density at radius 2 is 2.00 bits per heavy atom. The number of pyridine rings is 1. The van der Waals surface area contributed by atoms with E-state index in [4.69, 9.17) is 9.84 Å². The van der Waals surface area contributed by atoms with Crippen molar-refractivity contribution in [2.75, 3.05) is 6.61 Å². The Kier molecular flexibility index (Phi) is 6.12. The molecule has 0 aliphatic carbocycles. The number of imide groups is 1. The molecule has 1 aliphatic rings. The topological polar surface area (TPSA) is 96.8 Å². The van der Waals surface area contributed by atoms with Gasteiger partial charge in [0, 0.05) is 16.9 Å². The summed E-state index contributed by atoms with van der Waals surface area (Å²) in [6, 6.07) is 8.64. The predicted molar refractivity (Wildman–Crippen MR) is 103 cm³/mol. The molecule has 2 aromatic rings. The number of carboxylic acids is 1. The van der Waals surface area contributed by atoms with E-state index in [1.807, 2.05) is 0 Å². The van der Waals surface area contributed by atoms with Gasteiger partial charge in [0.2, 0.25) is 5.91 Å². The van der Waals surface area contributed by atoms with E-state index >= 15 is 0 Å². The van der Waals surface area contributed by atoms with Gasteiger partial charge in [-0.2, -0.15) is 0 Å². The minimum atomic E-state index is -1.09. The Labute approximate surface area is 167 Å². The summed E-state index contributed by atoms with van der Waals surface area (Å²) in [6.07, 6.45) is 3.48. The Hall–Kier alpha value is -2.39. The number of rotatable bonds is 7. The molecular formula is C18H15BrN2O5S. The zero-order valence-corrected chi connectivity index (χ0v) is 16.4. The van der Waals surface area contributed by atoms with Gasteiger partial charge < -0.3 is 9.84 Å². The fourth-order valence-electron chi connectivity index (χ4n) is 2.63. The number of ether oxygens (including phenoxy) is 1. The van der Waals surface area contributed by atoms with Crippen LogP contribution < -0.4 is 4.74 Å². The summed E-state index contributed by atoms with van der Waals surface area (Å²) in [5, 5.41) is 7.92. The number of benzene rings is 1. The fraction of sp³-hybridized carbons (Fsp3) is 0.222. The van der Waals surface area contributed by atoms with Gasteiger partial charge >= 0.3 is 5.97 Å². The molecule has 1 unspecified atom stereocenters. The van der Waals surface area contributed by atoms with E-state index in [9.17, 15) is 14.4 Å². The number of carbonyl (C=O) groups is 3. The Morgan fingerprint density at radius 3 is 2.70 bits per heavy atom. The number of aliphatic carboxylic acids is 1. The van der Waals surface area contributed by atoms with E-state index in [2.05, 4.69) is 20.9 Å². The third-order valence-corrected chi connectivity index (χ3v) is 5.44. The molecule has 0 saturated carbocycles. The Balaban J connectivity index is 1.74. The largest absolute Gasteiger partial charge is 0.482 e. The summed E-state index contributed by atoms with van der Waals surface area (Å²) in [7, 11) is 0. The molecule has 7 nitrogen and oxygen atoms in total. The highest BCUT2D eigenvalue weighted by Crippen LogP contribution is 2.34. The van der Waals surface area contributed by atoms with E-state index in [-0.39, 0.29) is 24.1 Å². The number of hydrogen-bond donors (Lipinski definition) is 1. The third-order valence-electron chi connectivity index (χ3n) is 3.87. The van der Waals surface area contributed by atoms with Crippen LogP contribution in [0.15, 0.2) is 47.2 Å².